The second kappa shape index (κ2) is 9.98. The van der Waals surface area contributed by atoms with Gasteiger partial charge in [0.25, 0.3) is 5.56 Å². The molecule has 0 fully saturated rings. The Kier molecular flexibility index (Phi) is 7.90. The van der Waals surface area contributed by atoms with E-state index in [4.69, 9.17) is 9.16 Å². The van der Waals surface area contributed by atoms with Crippen LogP contribution in [0.5, 0.6) is 5.75 Å². The van der Waals surface area contributed by atoms with Crippen LogP contribution >= 0.6 is 0 Å². The normalized spacial score (nSPS) is 20.1. The highest BCUT2D eigenvalue weighted by atomic mass is 28.4. The van der Waals surface area contributed by atoms with E-state index in [0.29, 0.717) is 13.0 Å². The third-order valence-corrected chi connectivity index (χ3v) is 12.0. The van der Waals surface area contributed by atoms with Crippen molar-refractivity contribution >= 4 is 8.32 Å². The van der Waals surface area contributed by atoms with E-state index in [9.17, 15) is 23.1 Å². The third kappa shape index (κ3) is 6.06. The number of unbranched alkanes of at least 4 members (excludes halogenated alkanes) is 1. The van der Waals surface area contributed by atoms with E-state index in [1.165, 1.54) is 16.7 Å². The Hall–Kier alpha value is -2.10. The van der Waals surface area contributed by atoms with E-state index in [0.717, 1.165) is 30.5 Å². The maximum atomic E-state index is 13.4. The number of nitrogens with zero attached hydrogens (tertiary/aromatic N) is 1. The number of ether oxygens (including phenoxy) is 1. The molecule has 1 aromatic heterocycles. The van der Waals surface area contributed by atoms with Crippen LogP contribution in [-0.4, -0.2) is 36.3 Å². The van der Waals surface area contributed by atoms with Crippen LogP contribution in [0.1, 0.15) is 70.2 Å². The van der Waals surface area contributed by atoms with Crippen LogP contribution in [0.4, 0.5) is 13.2 Å². The van der Waals surface area contributed by atoms with Gasteiger partial charge in [0.1, 0.15) is 17.5 Å². The summed E-state index contributed by atoms with van der Waals surface area (Å²) in [6.07, 6.45) is -1.82. The van der Waals surface area contributed by atoms with Gasteiger partial charge in [0.05, 0.1) is 11.6 Å². The second-order valence-corrected chi connectivity index (χ2v) is 16.5. The predicted octanol–water partition coefficient (Wildman–Crippen LogP) is 6.33. The average molecular weight is 526 g/mol. The van der Waals surface area contributed by atoms with Gasteiger partial charge in [-0.2, -0.15) is 13.2 Å². The summed E-state index contributed by atoms with van der Waals surface area (Å²) in [6, 6.07) is 5.44. The van der Waals surface area contributed by atoms with Crippen LogP contribution in [0.25, 0.3) is 0 Å². The van der Waals surface area contributed by atoms with Crippen molar-refractivity contribution in [2.24, 2.45) is 0 Å². The highest BCUT2D eigenvalue weighted by molar-refractivity contribution is 6.74. The summed E-state index contributed by atoms with van der Waals surface area (Å²) in [5.74, 6) is 0.223. The Morgan fingerprint density at radius 1 is 1.11 bits per heavy atom. The molecule has 0 saturated heterocycles. The topological polar surface area (TPSA) is 60.7 Å². The van der Waals surface area contributed by atoms with Crippen molar-refractivity contribution in [3.8, 4) is 5.75 Å². The third-order valence-electron chi connectivity index (χ3n) is 7.48. The summed E-state index contributed by atoms with van der Waals surface area (Å²) >= 11 is 0. The monoisotopic (exact) mass is 525 g/mol. The highest BCUT2D eigenvalue weighted by Crippen LogP contribution is 2.44. The number of benzene rings is 1. The number of aryl methyl sites for hydroxylation is 1. The summed E-state index contributed by atoms with van der Waals surface area (Å²) in [7, 11) is -1.79. The lowest BCUT2D eigenvalue weighted by Gasteiger charge is -2.42. The van der Waals surface area contributed by atoms with Gasteiger partial charge in [-0.25, -0.2) is 0 Å². The molecule has 0 radical (unpaired) electrons. The molecular formula is C27H38F3NO4Si. The van der Waals surface area contributed by atoms with Crippen molar-refractivity contribution in [2.45, 2.75) is 95.9 Å². The zero-order valence-electron chi connectivity index (χ0n) is 22.2. The first kappa shape index (κ1) is 28.5. The van der Waals surface area contributed by atoms with E-state index < -0.39 is 37.8 Å². The molecule has 1 N–H and O–H groups in total. The van der Waals surface area contributed by atoms with E-state index in [1.807, 2.05) is 0 Å². The number of rotatable bonds is 7. The van der Waals surface area contributed by atoms with Gasteiger partial charge in [-0.1, -0.05) is 20.8 Å². The average Bonchev–Trinajstić information content (AvgIpc) is 2.73. The van der Waals surface area contributed by atoms with Gasteiger partial charge in [0, 0.05) is 24.4 Å². The molecule has 5 nitrogen and oxygen atoms in total. The van der Waals surface area contributed by atoms with Crippen molar-refractivity contribution in [1.29, 1.82) is 0 Å². The molecule has 0 aliphatic carbocycles. The maximum Gasteiger partial charge on any atom is 0.416 e. The molecule has 36 heavy (non-hydrogen) atoms. The second-order valence-electron chi connectivity index (χ2n) is 11.7. The minimum absolute atomic E-state index is 0.134. The van der Waals surface area contributed by atoms with E-state index in [1.54, 1.807) is 26.1 Å². The molecule has 9 heteroatoms. The Balaban J connectivity index is 1.78. The first-order chi connectivity index (χ1) is 16.4. The zero-order valence-corrected chi connectivity index (χ0v) is 23.2. The van der Waals surface area contributed by atoms with Gasteiger partial charge in [0.2, 0.25) is 0 Å². The van der Waals surface area contributed by atoms with E-state index in [-0.39, 0.29) is 21.9 Å². The van der Waals surface area contributed by atoms with Crippen LogP contribution in [0.2, 0.25) is 18.1 Å². The Morgan fingerprint density at radius 2 is 1.78 bits per heavy atom. The number of pyridine rings is 1. The number of halogens is 3. The van der Waals surface area contributed by atoms with Crippen LogP contribution < -0.4 is 10.3 Å². The van der Waals surface area contributed by atoms with Crippen molar-refractivity contribution in [3.63, 3.8) is 0 Å². The zero-order chi connectivity index (χ0) is 27.1. The van der Waals surface area contributed by atoms with Gasteiger partial charge in [-0.15, -0.1) is 0 Å². The molecule has 200 valence electrons. The van der Waals surface area contributed by atoms with Gasteiger partial charge in [-0.05, 0) is 81.1 Å². The lowest BCUT2D eigenvalue weighted by molar-refractivity contribution is -0.137. The summed E-state index contributed by atoms with van der Waals surface area (Å²) in [5, 5.41) is 11.2. The van der Waals surface area contributed by atoms with Crippen molar-refractivity contribution in [1.82, 2.24) is 4.57 Å². The Bertz CT molecular complexity index is 1140. The predicted molar refractivity (Wildman–Crippen MR) is 137 cm³/mol. The molecule has 0 spiro atoms. The number of aromatic nitrogens is 1. The standard InChI is InChI=1S/C27H38F3NO4Si/c1-25(2,3)36(6,7)34-15-9-8-10-18-13-14-31(22(32)16-18)23-20-17-19(27(28,29)30)11-12-21(20)35-26(4,5)24(23)33/h11-14,16-17,23-24,33H,8-10,15H2,1-7H3/t23-,24+/m1/s1. The SMILES string of the molecule is CC1(C)Oc2ccc(C(F)(F)F)cc2[C@@H](n2ccc(CCCCO[Si](C)(C)C(C)(C)C)cc2=O)[C@@H]1O. The van der Waals surface area contributed by atoms with Gasteiger partial charge >= 0.3 is 6.18 Å². The van der Waals surface area contributed by atoms with E-state index >= 15 is 0 Å². The fourth-order valence-corrected chi connectivity index (χ4v) is 5.22. The number of alkyl halides is 3. The summed E-state index contributed by atoms with van der Waals surface area (Å²) in [4.78, 5) is 13.1. The summed E-state index contributed by atoms with van der Waals surface area (Å²) in [5.41, 5.74) is -1.36. The molecule has 0 saturated carbocycles. The Labute approximate surface area is 212 Å². The van der Waals surface area contributed by atoms with Crippen molar-refractivity contribution < 1.29 is 27.4 Å². The van der Waals surface area contributed by atoms with Crippen LogP contribution in [0.15, 0.2) is 41.3 Å². The molecule has 2 aromatic rings. The summed E-state index contributed by atoms with van der Waals surface area (Å²) in [6.45, 7) is 15.0. The van der Waals surface area contributed by atoms with E-state index in [2.05, 4.69) is 33.9 Å². The fraction of sp³-hybridized carbons (Fsp3) is 0.593. The first-order valence-electron chi connectivity index (χ1n) is 12.4. The molecule has 1 aliphatic heterocycles. The lowest BCUT2D eigenvalue weighted by Crippen LogP contribution is -2.52. The largest absolute Gasteiger partial charge is 0.485 e. The molecule has 0 bridgehead atoms. The molecule has 0 amide bonds. The van der Waals surface area contributed by atoms with Gasteiger partial charge < -0.3 is 18.8 Å². The molecule has 1 aromatic carbocycles. The smallest absolute Gasteiger partial charge is 0.416 e. The van der Waals surface area contributed by atoms with Crippen LogP contribution in [0.3, 0.4) is 0 Å². The first-order valence-corrected chi connectivity index (χ1v) is 15.3. The molecule has 2 heterocycles. The molecule has 3 rings (SSSR count). The van der Waals surface area contributed by atoms with Crippen LogP contribution in [-0.2, 0) is 17.0 Å². The highest BCUT2D eigenvalue weighted by Gasteiger charge is 2.45. The van der Waals surface area contributed by atoms with Crippen LogP contribution in [0, 0.1) is 0 Å². The number of hydrogen-bond donors (Lipinski definition) is 1. The molecule has 2 atom stereocenters. The van der Waals surface area contributed by atoms with Gasteiger partial charge in [-0.3, -0.25) is 4.79 Å². The molecular weight excluding hydrogens is 487 g/mol. The minimum Gasteiger partial charge on any atom is -0.485 e. The molecule has 1 aliphatic rings. The van der Waals surface area contributed by atoms with Gasteiger partial charge in [0.15, 0.2) is 8.32 Å². The Morgan fingerprint density at radius 3 is 2.36 bits per heavy atom. The minimum atomic E-state index is -4.55. The lowest BCUT2D eigenvalue weighted by atomic mass is 9.85. The number of aliphatic hydroxyl groups is 1. The number of hydrogen-bond acceptors (Lipinski definition) is 4. The number of fused-ring (bicyclic) bond motifs is 1. The maximum absolute atomic E-state index is 13.4. The number of aliphatic hydroxyl groups excluding tert-OH is 1. The van der Waals surface area contributed by atoms with Crippen molar-refractivity contribution in [2.75, 3.05) is 6.61 Å². The molecule has 0 unspecified atom stereocenters. The fourth-order valence-electron chi connectivity index (χ4n) is 4.14. The van der Waals surface area contributed by atoms with Crippen molar-refractivity contribution in [3.05, 3.63) is 63.6 Å². The summed E-state index contributed by atoms with van der Waals surface area (Å²) < 4.78 is 53.5. The quantitative estimate of drug-likeness (QED) is 0.339.